The summed E-state index contributed by atoms with van der Waals surface area (Å²) in [6.07, 6.45) is 3.16. The molecule has 1 aliphatic rings. The standard InChI is InChI=1S/C12H19BrN2O2/c1-4-9-11(13)10(15(2)14-9)7-12(16)5-8(6-12)17-3/h8,16H,4-7H2,1-3H3. The zero-order chi connectivity index (χ0) is 12.6. The van der Waals surface area contributed by atoms with E-state index in [4.69, 9.17) is 4.74 Å². The largest absolute Gasteiger partial charge is 0.389 e. The molecule has 17 heavy (non-hydrogen) atoms. The first-order valence-corrected chi connectivity index (χ1v) is 6.74. The molecule has 0 amide bonds. The molecule has 5 heteroatoms. The number of hydrogen-bond donors (Lipinski definition) is 1. The Balaban J connectivity index is 2.12. The van der Waals surface area contributed by atoms with Crippen LogP contribution in [0.25, 0.3) is 0 Å². The fourth-order valence-electron chi connectivity index (χ4n) is 2.42. The first kappa shape index (κ1) is 13.1. The quantitative estimate of drug-likeness (QED) is 0.923. The van der Waals surface area contributed by atoms with Crippen molar-refractivity contribution in [2.24, 2.45) is 7.05 Å². The van der Waals surface area contributed by atoms with Crippen LogP contribution in [-0.4, -0.2) is 33.7 Å². The Kier molecular flexibility index (Phi) is 3.61. The first-order valence-electron chi connectivity index (χ1n) is 5.94. The second-order valence-corrected chi connectivity index (χ2v) is 5.64. The van der Waals surface area contributed by atoms with Gasteiger partial charge in [0, 0.05) is 33.4 Å². The van der Waals surface area contributed by atoms with Crippen LogP contribution >= 0.6 is 15.9 Å². The molecule has 0 radical (unpaired) electrons. The van der Waals surface area contributed by atoms with Crippen molar-refractivity contribution in [3.8, 4) is 0 Å². The Morgan fingerprint density at radius 2 is 2.24 bits per heavy atom. The molecule has 1 aromatic rings. The van der Waals surface area contributed by atoms with Crippen LogP contribution in [-0.2, 0) is 24.6 Å². The van der Waals surface area contributed by atoms with Gasteiger partial charge in [0.15, 0.2) is 0 Å². The maximum absolute atomic E-state index is 10.4. The number of nitrogens with zero attached hydrogens (tertiary/aromatic N) is 2. The maximum atomic E-state index is 10.4. The van der Waals surface area contributed by atoms with Crippen LogP contribution in [0, 0.1) is 0 Å². The lowest BCUT2D eigenvalue weighted by atomic mass is 9.74. The molecule has 0 bridgehead atoms. The van der Waals surface area contributed by atoms with Gasteiger partial charge >= 0.3 is 0 Å². The van der Waals surface area contributed by atoms with Gasteiger partial charge in [0.2, 0.25) is 0 Å². The second kappa shape index (κ2) is 4.71. The zero-order valence-corrected chi connectivity index (χ0v) is 12.1. The maximum Gasteiger partial charge on any atom is 0.0766 e. The number of aromatic nitrogens is 2. The second-order valence-electron chi connectivity index (χ2n) is 4.85. The Hall–Kier alpha value is -0.390. The van der Waals surface area contributed by atoms with E-state index in [-0.39, 0.29) is 6.10 Å². The van der Waals surface area contributed by atoms with Gasteiger partial charge in [-0.25, -0.2) is 0 Å². The van der Waals surface area contributed by atoms with Gasteiger partial charge in [0.1, 0.15) is 0 Å². The molecule has 1 N–H and O–H groups in total. The Labute approximate surface area is 110 Å². The highest BCUT2D eigenvalue weighted by Crippen LogP contribution is 2.38. The van der Waals surface area contributed by atoms with Crippen LogP contribution in [0.3, 0.4) is 0 Å². The van der Waals surface area contributed by atoms with Crippen molar-refractivity contribution in [3.63, 3.8) is 0 Å². The molecule has 1 aromatic heterocycles. The van der Waals surface area contributed by atoms with E-state index in [1.807, 2.05) is 11.7 Å². The average Bonchev–Trinajstić information content (AvgIpc) is 2.52. The molecule has 1 fully saturated rings. The summed E-state index contributed by atoms with van der Waals surface area (Å²) >= 11 is 3.57. The third-order valence-electron chi connectivity index (χ3n) is 3.55. The van der Waals surface area contributed by atoms with Crippen molar-refractivity contribution in [1.82, 2.24) is 9.78 Å². The van der Waals surface area contributed by atoms with Crippen LogP contribution in [0.1, 0.15) is 31.2 Å². The third-order valence-corrected chi connectivity index (χ3v) is 4.46. The minimum absolute atomic E-state index is 0.206. The van der Waals surface area contributed by atoms with E-state index in [0.29, 0.717) is 19.3 Å². The highest BCUT2D eigenvalue weighted by Gasteiger charge is 2.43. The van der Waals surface area contributed by atoms with Crippen LogP contribution < -0.4 is 0 Å². The van der Waals surface area contributed by atoms with Crippen LogP contribution in [0.5, 0.6) is 0 Å². The van der Waals surface area contributed by atoms with Crippen molar-refractivity contribution >= 4 is 15.9 Å². The third kappa shape index (κ3) is 2.41. The smallest absolute Gasteiger partial charge is 0.0766 e. The summed E-state index contributed by atoms with van der Waals surface area (Å²) < 4.78 is 8.11. The molecule has 0 saturated heterocycles. The number of rotatable bonds is 4. The summed E-state index contributed by atoms with van der Waals surface area (Å²) in [6, 6.07) is 0. The van der Waals surface area contributed by atoms with Gasteiger partial charge in [-0.05, 0) is 22.4 Å². The summed E-state index contributed by atoms with van der Waals surface area (Å²) in [5.41, 5.74) is 1.50. The highest BCUT2D eigenvalue weighted by atomic mass is 79.9. The minimum Gasteiger partial charge on any atom is -0.389 e. The van der Waals surface area contributed by atoms with E-state index in [2.05, 4.69) is 28.0 Å². The lowest BCUT2D eigenvalue weighted by molar-refractivity contribution is -0.127. The lowest BCUT2D eigenvalue weighted by Crippen LogP contribution is -2.49. The molecule has 1 heterocycles. The van der Waals surface area contributed by atoms with Gasteiger partial charge < -0.3 is 9.84 Å². The van der Waals surface area contributed by atoms with Crippen molar-refractivity contribution in [2.75, 3.05) is 7.11 Å². The van der Waals surface area contributed by atoms with E-state index in [0.717, 1.165) is 22.3 Å². The van der Waals surface area contributed by atoms with Crippen molar-refractivity contribution in [2.45, 2.75) is 44.3 Å². The summed E-state index contributed by atoms with van der Waals surface area (Å²) in [5, 5.41) is 14.8. The molecule has 0 atom stereocenters. The molecule has 1 saturated carbocycles. The molecule has 1 aliphatic carbocycles. The molecule has 0 unspecified atom stereocenters. The molecule has 0 aromatic carbocycles. The molecule has 0 aliphatic heterocycles. The molecule has 0 spiro atoms. The molecular weight excluding hydrogens is 284 g/mol. The van der Waals surface area contributed by atoms with Gasteiger partial charge in [-0.2, -0.15) is 5.10 Å². The van der Waals surface area contributed by atoms with E-state index in [1.165, 1.54) is 0 Å². The topological polar surface area (TPSA) is 47.3 Å². The number of methoxy groups -OCH3 is 1. The van der Waals surface area contributed by atoms with E-state index >= 15 is 0 Å². The van der Waals surface area contributed by atoms with Crippen molar-refractivity contribution in [3.05, 3.63) is 15.9 Å². The highest BCUT2D eigenvalue weighted by molar-refractivity contribution is 9.10. The van der Waals surface area contributed by atoms with E-state index < -0.39 is 5.60 Å². The normalized spacial score (nSPS) is 28.2. The van der Waals surface area contributed by atoms with Crippen LogP contribution in [0.2, 0.25) is 0 Å². The Morgan fingerprint density at radius 3 is 2.71 bits per heavy atom. The lowest BCUT2D eigenvalue weighted by Gasteiger charge is -2.42. The van der Waals surface area contributed by atoms with Crippen LogP contribution in [0.15, 0.2) is 4.47 Å². The Morgan fingerprint density at radius 1 is 1.59 bits per heavy atom. The van der Waals surface area contributed by atoms with Crippen molar-refractivity contribution < 1.29 is 9.84 Å². The Bertz CT molecular complexity index is 411. The van der Waals surface area contributed by atoms with Crippen molar-refractivity contribution in [1.29, 1.82) is 0 Å². The fraction of sp³-hybridized carbons (Fsp3) is 0.750. The van der Waals surface area contributed by atoms with Crippen LogP contribution in [0.4, 0.5) is 0 Å². The number of aliphatic hydroxyl groups is 1. The molecular formula is C12H19BrN2O2. The SMILES string of the molecule is CCc1nn(C)c(CC2(O)CC(OC)C2)c1Br. The predicted molar refractivity (Wildman–Crippen MR) is 69.0 cm³/mol. The molecule has 2 rings (SSSR count). The summed E-state index contributed by atoms with van der Waals surface area (Å²) in [4.78, 5) is 0. The predicted octanol–water partition coefficient (Wildman–Crippen LogP) is 1.83. The fourth-order valence-corrected chi connectivity index (χ4v) is 3.18. The molecule has 4 nitrogen and oxygen atoms in total. The number of hydrogen-bond acceptors (Lipinski definition) is 3. The summed E-state index contributed by atoms with van der Waals surface area (Å²) in [7, 11) is 3.62. The monoisotopic (exact) mass is 302 g/mol. The minimum atomic E-state index is -0.623. The average molecular weight is 303 g/mol. The summed E-state index contributed by atoms with van der Waals surface area (Å²) in [6.45, 7) is 2.08. The van der Waals surface area contributed by atoms with E-state index in [9.17, 15) is 5.11 Å². The van der Waals surface area contributed by atoms with Gasteiger partial charge in [-0.3, -0.25) is 4.68 Å². The number of aryl methyl sites for hydroxylation is 2. The zero-order valence-electron chi connectivity index (χ0n) is 10.5. The molecule has 96 valence electrons. The number of halogens is 1. The first-order chi connectivity index (χ1) is 7.99. The van der Waals surface area contributed by atoms with Gasteiger partial charge in [0.05, 0.1) is 27.6 Å². The van der Waals surface area contributed by atoms with Gasteiger partial charge in [-0.15, -0.1) is 0 Å². The summed E-state index contributed by atoms with van der Waals surface area (Å²) in [5.74, 6) is 0. The van der Waals surface area contributed by atoms with E-state index in [1.54, 1.807) is 7.11 Å². The van der Waals surface area contributed by atoms with Gasteiger partial charge in [-0.1, -0.05) is 6.92 Å². The number of ether oxygens (including phenoxy) is 1. The van der Waals surface area contributed by atoms with Gasteiger partial charge in [0.25, 0.3) is 0 Å².